The summed E-state index contributed by atoms with van der Waals surface area (Å²) in [5.41, 5.74) is 2.36. The number of hydrogen-bond acceptors (Lipinski definition) is 4. The fourth-order valence-electron chi connectivity index (χ4n) is 3.58. The van der Waals surface area contributed by atoms with Crippen LogP contribution in [0.3, 0.4) is 0 Å². The zero-order valence-corrected chi connectivity index (χ0v) is 13.0. The van der Waals surface area contributed by atoms with E-state index in [1.54, 1.807) is 4.68 Å². The van der Waals surface area contributed by atoms with Gasteiger partial charge in [-0.1, -0.05) is 0 Å². The van der Waals surface area contributed by atoms with E-state index in [0.29, 0.717) is 24.6 Å². The highest BCUT2D eigenvalue weighted by atomic mass is 16.5. The summed E-state index contributed by atoms with van der Waals surface area (Å²) in [6.45, 7) is 1.27. The Bertz CT molecular complexity index is 978. The molecule has 6 heteroatoms. The van der Waals surface area contributed by atoms with Crippen LogP contribution in [0, 0.1) is 0 Å². The highest BCUT2D eigenvalue weighted by Gasteiger charge is 2.28. The molecule has 1 aliphatic carbocycles. The molecular formula is C17H18N4O2. The van der Waals surface area contributed by atoms with Gasteiger partial charge in [-0.25, -0.2) is 4.98 Å². The Labute approximate surface area is 132 Å². The predicted octanol–water partition coefficient (Wildman–Crippen LogP) is 2.12. The lowest BCUT2D eigenvalue weighted by Gasteiger charge is -2.16. The Morgan fingerprint density at radius 3 is 2.83 bits per heavy atom. The third-order valence-corrected chi connectivity index (χ3v) is 4.93. The minimum Gasteiger partial charge on any atom is -0.379 e. The summed E-state index contributed by atoms with van der Waals surface area (Å²) < 4.78 is 9.04. The van der Waals surface area contributed by atoms with Crippen molar-refractivity contribution < 1.29 is 4.74 Å². The minimum absolute atomic E-state index is 0.0518. The van der Waals surface area contributed by atoms with E-state index >= 15 is 0 Å². The molecule has 3 aromatic heterocycles. The van der Waals surface area contributed by atoms with Crippen LogP contribution in [0.5, 0.6) is 0 Å². The molecule has 2 fully saturated rings. The maximum Gasteiger partial charge on any atom is 0.280 e. The Kier molecular flexibility index (Phi) is 2.68. The molecule has 0 aromatic carbocycles. The van der Waals surface area contributed by atoms with E-state index in [1.165, 1.54) is 12.8 Å². The average Bonchev–Trinajstić information content (AvgIpc) is 3.11. The quantitative estimate of drug-likeness (QED) is 0.727. The predicted molar refractivity (Wildman–Crippen MR) is 86.7 cm³/mol. The van der Waals surface area contributed by atoms with Crippen LogP contribution >= 0.6 is 0 Å². The van der Waals surface area contributed by atoms with Gasteiger partial charge in [-0.3, -0.25) is 14.0 Å². The number of aromatic nitrogens is 4. The van der Waals surface area contributed by atoms with Crippen molar-refractivity contribution in [2.24, 2.45) is 7.05 Å². The second kappa shape index (κ2) is 4.64. The van der Waals surface area contributed by atoms with Crippen LogP contribution in [0.25, 0.3) is 21.9 Å². The molecule has 1 atom stereocenters. The number of pyridine rings is 2. The van der Waals surface area contributed by atoms with Gasteiger partial charge in [-0.2, -0.15) is 5.10 Å². The van der Waals surface area contributed by atoms with Crippen molar-refractivity contribution in [1.29, 1.82) is 0 Å². The van der Waals surface area contributed by atoms with Crippen LogP contribution in [0.15, 0.2) is 23.1 Å². The van der Waals surface area contributed by atoms with Gasteiger partial charge in [0, 0.05) is 42.2 Å². The molecular weight excluding hydrogens is 292 g/mol. The van der Waals surface area contributed by atoms with E-state index in [9.17, 15) is 4.79 Å². The van der Waals surface area contributed by atoms with Crippen molar-refractivity contribution in [2.75, 3.05) is 13.2 Å². The van der Waals surface area contributed by atoms with Crippen LogP contribution in [0.4, 0.5) is 0 Å². The SMILES string of the molecule is Cn1cc2c(n1)c(=O)n(C1CCOC1)c1nc(C3CC3)ccc21. The standard InChI is InChI=1S/C17H18N4O2/c1-20-8-13-12-4-5-14(10-2-3-10)18-16(12)21(11-6-7-23-9-11)17(22)15(13)19-20/h4-5,8,10-11H,2-3,6-7,9H2,1H3. The number of rotatable bonds is 2. The highest BCUT2D eigenvalue weighted by molar-refractivity contribution is 6.02. The molecule has 3 aromatic rings. The largest absolute Gasteiger partial charge is 0.379 e. The molecule has 2 aliphatic rings. The summed E-state index contributed by atoms with van der Waals surface area (Å²) in [4.78, 5) is 17.9. The molecule has 0 spiro atoms. The first-order valence-corrected chi connectivity index (χ1v) is 8.18. The van der Waals surface area contributed by atoms with Gasteiger partial charge >= 0.3 is 0 Å². The highest BCUT2D eigenvalue weighted by Crippen LogP contribution is 2.40. The van der Waals surface area contributed by atoms with E-state index in [4.69, 9.17) is 9.72 Å². The number of nitrogens with zero attached hydrogens (tertiary/aromatic N) is 4. The molecule has 0 radical (unpaired) electrons. The molecule has 0 amide bonds. The zero-order chi connectivity index (χ0) is 15.6. The van der Waals surface area contributed by atoms with Gasteiger partial charge in [0.05, 0.1) is 12.6 Å². The van der Waals surface area contributed by atoms with E-state index in [0.717, 1.165) is 28.5 Å². The third kappa shape index (κ3) is 1.94. The molecule has 23 heavy (non-hydrogen) atoms. The van der Waals surface area contributed by atoms with Crippen LogP contribution in [-0.2, 0) is 11.8 Å². The third-order valence-electron chi connectivity index (χ3n) is 4.93. The van der Waals surface area contributed by atoms with Crippen molar-refractivity contribution >= 4 is 21.9 Å². The summed E-state index contributed by atoms with van der Waals surface area (Å²) in [6.07, 6.45) is 5.16. The van der Waals surface area contributed by atoms with Crippen LogP contribution in [0.1, 0.15) is 36.9 Å². The van der Waals surface area contributed by atoms with Crippen molar-refractivity contribution in [1.82, 2.24) is 19.3 Å². The van der Waals surface area contributed by atoms with Crippen LogP contribution in [0.2, 0.25) is 0 Å². The normalized spacial score (nSPS) is 21.5. The Morgan fingerprint density at radius 2 is 2.09 bits per heavy atom. The number of hydrogen-bond donors (Lipinski definition) is 0. The molecule has 1 aliphatic heterocycles. The number of aryl methyl sites for hydroxylation is 1. The van der Waals surface area contributed by atoms with Gasteiger partial charge in [0.2, 0.25) is 0 Å². The fourth-order valence-corrected chi connectivity index (χ4v) is 3.58. The van der Waals surface area contributed by atoms with Gasteiger partial charge < -0.3 is 4.74 Å². The van der Waals surface area contributed by atoms with Crippen LogP contribution in [-0.4, -0.2) is 32.5 Å². The van der Waals surface area contributed by atoms with Crippen molar-refractivity contribution in [3.05, 3.63) is 34.4 Å². The summed E-state index contributed by atoms with van der Waals surface area (Å²) >= 11 is 0. The number of ether oxygens (including phenoxy) is 1. The Balaban J connectivity index is 1.90. The summed E-state index contributed by atoms with van der Waals surface area (Å²) in [6, 6.07) is 4.26. The summed E-state index contributed by atoms with van der Waals surface area (Å²) in [5, 5.41) is 6.27. The van der Waals surface area contributed by atoms with Crippen LogP contribution < -0.4 is 5.56 Å². The Morgan fingerprint density at radius 1 is 1.22 bits per heavy atom. The minimum atomic E-state index is -0.0518. The summed E-state index contributed by atoms with van der Waals surface area (Å²) in [7, 11) is 1.85. The molecule has 1 unspecified atom stereocenters. The van der Waals surface area contributed by atoms with Gasteiger partial charge in [-0.05, 0) is 31.4 Å². The first-order chi connectivity index (χ1) is 11.2. The summed E-state index contributed by atoms with van der Waals surface area (Å²) in [5.74, 6) is 0.562. The monoisotopic (exact) mass is 310 g/mol. The van der Waals surface area contributed by atoms with E-state index in [2.05, 4.69) is 17.2 Å². The average molecular weight is 310 g/mol. The molecule has 1 saturated heterocycles. The molecule has 4 heterocycles. The Hall–Kier alpha value is -2.21. The molecule has 1 saturated carbocycles. The van der Waals surface area contributed by atoms with Crippen molar-refractivity contribution in [3.8, 4) is 0 Å². The number of fused-ring (bicyclic) bond motifs is 3. The van der Waals surface area contributed by atoms with Gasteiger partial charge in [0.25, 0.3) is 5.56 Å². The van der Waals surface area contributed by atoms with Gasteiger partial charge in [0.1, 0.15) is 5.65 Å². The molecule has 0 N–H and O–H groups in total. The zero-order valence-electron chi connectivity index (χ0n) is 13.0. The lowest BCUT2D eigenvalue weighted by atomic mass is 10.1. The first-order valence-electron chi connectivity index (χ1n) is 8.18. The lowest BCUT2D eigenvalue weighted by molar-refractivity contribution is 0.186. The first kappa shape index (κ1) is 13.2. The van der Waals surface area contributed by atoms with E-state index in [-0.39, 0.29) is 11.6 Å². The maximum absolute atomic E-state index is 13.0. The molecule has 5 rings (SSSR count). The fraction of sp³-hybridized carbons (Fsp3) is 0.471. The second-order valence-electron chi connectivity index (χ2n) is 6.64. The topological polar surface area (TPSA) is 61.9 Å². The lowest BCUT2D eigenvalue weighted by Crippen LogP contribution is -2.26. The smallest absolute Gasteiger partial charge is 0.280 e. The van der Waals surface area contributed by atoms with Crippen molar-refractivity contribution in [3.63, 3.8) is 0 Å². The molecule has 118 valence electrons. The van der Waals surface area contributed by atoms with Crippen molar-refractivity contribution in [2.45, 2.75) is 31.2 Å². The maximum atomic E-state index is 13.0. The molecule has 6 nitrogen and oxygen atoms in total. The van der Waals surface area contributed by atoms with Gasteiger partial charge in [-0.15, -0.1) is 0 Å². The second-order valence-corrected chi connectivity index (χ2v) is 6.64. The van der Waals surface area contributed by atoms with Gasteiger partial charge in [0.15, 0.2) is 5.52 Å². The molecule has 0 bridgehead atoms. The van der Waals surface area contributed by atoms with E-state index < -0.39 is 0 Å². The van der Waals surface area contributed by atoms with E-state index in [1.807, 2.05) is 17.8 Å².